The van der Waals surface area contributed by atoms with Crippen molar-refractivity contribution in [2.75, 3.05) is 13.1 Å². The summed E-state index contributed by atoms with van der Waals surface area (Å²) in [5.74, 6) is 0.669. The van der Waals surface area contributed by atoms with Crippen molar-refractivity contribution in [3.05, 3.63) is 0 Å². The number of carbonyl (C=O) groups excluding carboxylic acids is 2. The summed E-state index contributed by atoms with van der Waals surface area (Å²) in [5.41, 5.74) is 5.36. The van der Waals surface area contributed by atoms with E-state index < -0.39 is 0 Å². The maximum atomic E-state index is 12.1. The number of hydrogen-bond donors (Lipinski definition) is 4. The van der Waals surface area contributed by atoms with Crippen molar-refractivity contribution in [3.8, 4) is 0 Å². The number of β-amino-alcohol motifs (C(OH)–C–C–N with tert-alkyl or cyclic N) is 1. The molecular weight excluding hydrogens is 270 g/mol. The fourth-order valence-corrected chi connectivity index (χ4v) is 3.33. The number of nitrogens with one attached hydrogen (secondary N) is 2. The monoisotopic (exact) mass is 297 g/mol. The molecule has 2 atom stereocenters. The maximum absolute atomic E-state index is 12.1. The largest absolute Gasteiger partial charge is 0.392 e. The molecule has 0 radical (unpaired) electrons. The molecule has 1 aliphatic heterocycles. The van der Waals surface area contributed by atoms with Crippen LogP contribution < -0.4 is 16.4 Å². The molecule has 1 saturated carbocycles. The van der Waals surface area contributed by atoms with Gasteiger partial charge >= 0.3 is 0 Å². The average molecular weight is 297 g/mol. The predicted octanol–water partition coefficient (Wildman–Crippen LogP) is -0.308. The summed E-state index contributed by atoms with van der Waals surface area (Å²) in [7, 11) is 0. The van der Waals surface area contributed by atoms with Crippen molar-refractivity contribution in [2.24, 2.45) is 11.7 Å². The molecule has 0 aromatic heterocycles. The molecule has 0 aromatic carbocycles. The molecule has 120 valence electrons. The van der Waals surface area contributed by atoms with Crippen LogP contribution in [0.3, 0.4) is 0 Å². The van der Waals surface area contributed by atoms with Crippen LogP contribution in [0.4, 0.5) is 0 Å². The van der Waals surface area contributed by atoms with Crippen LogP contribution >= 0.6 is 0 Å². The van der Waals surface area contributed by atoms with Gasteiger partial charge in [0.25, 0.3) is 0 Å². The van der Waals surface area contributed by atoms with Gasteiger partial charge < -0.3 is 21.5 Å². The highest BCUT2D eigenvalue weighted by Gasteiger charge is 2.30. The SMILES string of the molecule is NCCC(=O)NC1CCC(CC(=O)[C@H]2C[C@H](O)CN2)CC1. The third-order valence-electron chi connectivity index (χ3n) is 4.57. The Kier molecular flexibility index (Phi) is 6.14. The first-order valence-corrected chi connectivity index (χ1v) is 8.02. The fourth-order valence-electron chi connectivity index (χ4n) is 3.33. The molecule has 0 aromatic rings. The zero-order valence-electron chi connectivity index (χ0n) is 12.5. The molecule has 2 fully saturated rings. The van der Waals surface area contributed by atoms with Crippen molar-refractivity contribution in [2.45, 2.75) is 63.1 Å². The minimum Gasteiger partial charge on any atom is -0.392 e. The summed E-state index contributed by atoms with van der Waals surface area (Å²) >= 11 is 0. The summed E-state index contributed by atoms with van der Waals surface area (Å²) in [6, 6.07) is 0.0730. The zero-order valence-corrected chi connectivity index (χ0v) is 12.5. The molecular formula is C15H27N3O3. The van der Waals surface area contributed by atoms with E-state index in [1.165, 1.54) is 0 Å². The van der Waals surface area contributed by atoms with E-state index in [-0.39, 0.29) is 29.9 Å². The number of hydrogen-bond acceptors (Lipinski definition) is 5. The number of Topliss-reactive ketones (excluding diaryl/α,β-unsaturated/α-hetero) is 1. The van der Waals surface area contributed by atoms with Gasteiger partial charge in [-0.15, -0.1) is 0 Å². The topological polar surface area (TPSA) is 104 Å². The third-order valence-corrected chi connectivity index (χ3v) is 4.57. The highest BCUT2D eigenvalue weighted by atomic mass is 16.3. The predicted molar refractivity (Wildman–Crippen MR) is 79.6 cm³/mol. The Hall–Kier alpha value is -0.980. The van der Waals surface area contributed by atoms with E-state index in [1.54, 1.807) is 0 Å². The van der Waals surface area contributed by atoms with Crippen LogP contribution in [-0.4, -0.2) is 48.1 Å². The van der Waals surface area contributed by atoms with Gasteiger partial charge in [0.05, 0.1) is 12.1 Å². The second-order valence-electron chi connectivity index (χ2n) is 6.34. The first kappa shape index (κ1) is 16.4. The fraction of sp³-hybridized carbons (Fsp3) is 0.867. The molecule has 5 N–H and O–H groups in total. The van der Waals surface area contributed by atoms with Gasteiger partial charge in [-0.1, -0.05) is 0 Å². The molecule has 1 aliphatic carbocycles. The van der Waals surface area contributed by atoms with Crippen LogP contribution in [0, 0.1) is 5.92 Å². The Morgan fingerprint density at radius 3 is 2.52 bits per heavy atom. The number of amides is 1. The maximum Gasteiger partial charge on any atom is 0.221 e. The highest BCUT2D eigenvalue weighted by molar-refractivity contribution is 5.84. The lowest BCUT2D eigenvalue weighted by Crippen LogP contribution is -2.39. The van der Waals surface area contributed by atoms with Crippen LogP contribution in [0.5, 0.6) is 0 Å². The highest BCUT2D eigenvalue weighted by Crippen LogP contribution is 2.28. The minimum atomic E-state index is -0.382. The number of carbonyl (C=O) groups is 2. The van der Waals surface area contributed by atoms with E-state index >= 15 is 0 Å². The number of aliphatic hydroxyl groups is 1. The lowest BCUT2D eigenvalue weighted by Gasteiger charge is -2.29. The van der Waals surface area contributed by atoms with E-state index in [0.29, 0.717) is 38.3 Å². The van der Waals surface area contributed by atoms with Gasteiger partial charge in [-0.3, -0.25) is 9.59 Å². The van der Waals surface area contributed by atoms with Gasteiger partial charge in [0.2, 0.25) is 5.91 Å². The Balaban J connectivity index is 1.67. The average Bonchev–Trinajstić information content (AvgIpc) is 2.88. The summed E-state index contributed by atoms with van der Waals surface area (Å²) < 4.78 is 0. The lowest BCUT2D eigenvalue weighted by molar-refractivity contribution is -0.123. The molecule has 0 unspecified atom stereocenters. The molecule has 1 saturated heterocycles. The summed E-state index contributed by atoms with van der Waals surface area (Å²) in [6.07, 6.45) is 4.98. The van der Waals surface area contributed by atoms with E-state index in [0.717, 1.165) is 25.7 Å². The first-order valence-electron chi connectivity index (χ1n) is 8.02. The van der Waals surface area contributed by atoms with Gasteiger partial charge in [-0.05, 0) is 38.0 Å². The second kappa shape index (κ2) is 7.87. The molecule has 6 nitrogen and oxygen atoms in total. The Bertz CT molecular complexity index is 367. The standard InChI is InChI=1S/C15H27N3O3/c16-6-5-15(21)18-11-3-1-10(2-4-11)7-14(20)13-8-12(19)9-17-13/h10-13,17,19H,1-9,16H2,(H,18,21)/t10?,11?,12-,13+/m0/s1. The number of ketones is 1. The van der Waals surface area contributed by atoms with Crippen LogP contribution in [0.2, 0.25) is 0 Å². The summed E-state index contributed by atoms with van der Waals surface area (Å²) in [6.45, 7) is 0.909. The van der Waals surface area contributed by atoms with Crippen molar-refractivity contribution in [1.29, 1.82) is 0 Å². The van der Waals surface area contributed by atoms with Crippen LogP contribution in [0.1, 0.15) is 44.9 Å². The Morgan fingerprint density at radius 2 is 1.95 bits per heavy atom. The van der Waals surface area contributed by atoms with Gasteiger partial charge in [0.1, 0.15) is 5.78 Å². The van der Waals surface area contributed by atoms with Crippen molar-refractivity contribution in [3.63, 3.8) is 0 Å². The summed E-state index contributed by atoms with van der Waals surface area (Å²) in [5, 5.41) is 15.5. The minimum absolute atomic E-state index is 0.0289. The smallest absolute Gasteiger partial charge is 0.221 e. The molecule has 2 aliphatic rings. The van der Waals surface area contributed by atoms with Gasteiger partial charge in [0, 0.05) is 32.0 Å². The van der Waals surface area contributed by atoms with Gasteiger partial charge in [-0.25, -0.2) is 0 Å². The van der Waals surface area contributed by atoms with Crippen molar-refractivity contribution < 1.29 is 14.7 Å². The normalized spacial score (nSPS) is 32.9. The Labute approximate surface area is 125 Å². The molecule has 6 heteroatoms. The van der Waals surface area contributed by atoms with Crippen LogP contribution in [0.25, 0.3) is 0 Å². The lowest BCUT2D eigenvalue weighted by atomic mass is 9.82. The number of aliphatic hydroxyl groups excluding tert-OH is 1. The molecule has 0 bridgehead atoms. The van der Waals surface area contributed by atoms with Crippen molar-refractivity contribution in [1.82, 2.24) is 10.6 Å². The zero-order chi connectivity index (χ0) is 15.2. The quantitative estimate of drug-likeness (QED) is 0.538. The van der Waals surface area contributed by atoms with Gasteiger partial charge in [0.15, 0.2) is 0 Å². The van der Waals surface area contributed by atoms with Crippen molar-refractivity contribution >= 4 is 11.7 Å². The molecule has 1 heterocycles. The molecule has 1 amide bonds. The molecule has 2 rings (SSSR count). The van der Waals surface area contributed by atoms with Gasteiger partial charge in [-0.2, -0.15) is 0 Å². The van der Waals surface area contributed by atoms with E-state index in [9.17, 15) is 14.7 Å². The number of rotatable bonds is 6. The molecule has 21 heavy (non-hydrogen) atoms. The number of nitrogens with two attached hydrogens (primary N) is 1. The van der Waals surface area contributed by atoms with E-state index in [2.05, 4.69) is 10.6 Å². The third kappa shape index (κ3) is 5.05. The summed E-state index contributed by atoms with van der Waals surface area (Å²) in [4.78, 5) is 23.6. The van der Waals surface area contributed by atoms with Crippen LogP contribution in [-0.2, 0) is 9.59 Å². The van der Waals surface area contributed by atoms with Crippen LogP contribution in [0.15, 0.2) is 0 Å². The van der Waals surface area contributed by atoms with E-state index in [1.807, 2.05) is 0 Å². The first-order chi connectivity index (χ1) is 10.1. The second-order valence-corrected chi connectivity index (χ2v) is 6.34. The molecule has 0 spiro atoms. The van der Waals surface area contributed by atoms with E-state index in [4.69, 9.17) is 5.73 Å². The Morgan fingerprint density at radius 1 is 1.24 bits per heavy atom.